The summed E-state index contributed by atoms with van der Waals surface area (Å²) in [6.07, 6.45) is 11.1. The Morgan fingerprint density at radius 3 is 2.89 bits per heavy atom. The lowest BCUT2D eigenvalue weighted by molar-refractivity contribution is -0.222. The Morgan fingerprint density at radius 1 is 1.29 bits per heavy atom. The van der Waals surface area contributed by atoms with E-state index in [4.69, 9.17) is 9.47 Å². The van der Waals surface area contributed by atoms with Gasteiger partial charge in [-0.2, -0.15) is 0 Å². The molecule has 3 nitrogen and oxygen atoms in total. The maximum atomic E-state index is 6.43. The highest BCUT2D eigenvalue weighted by atomic mass is 16.5. The summed E-state index contributed by atoms with van der Waals surface area (Å²) in [7, 11) is 1.80. The SMILES string of the molecule is C=CCOC12CC(C1)C1[C@H]3Cc4ccc(OC)cc4[C@@]1(CCN3CC1CC1)C2. The van der Waals surface area contributed by atoms with E-state index < -0.39 is 0 Å². The van der Waals surface area contributed by atoms with E-state index in [9.17, 15) is 0 Å². The van der Waals surface area contributed by atoms with Crippen molar-refractivity contribution < 1.29 is 9.47 Å². The van der Waals surface area contributed by atoms with Gasteiger partial charge in [-0.1, -0.05) is 12.1 Å². The lowest BCUT2D eigenvalue weighted by Crippen LogP contribution is -2.72. The molecule has 6 aliphatic rings. The minimum Gasteiger partial charge on any atom is -0.497 e. The molecule has 0 radical (unpaired) electrons. The quantitative estimate of drug-likeness (QED) is 0.686. The molecule has 28 heavy (non-hydrogen) atoms. The Hall–Kier alpha value is -1.32. The lowest BCUT2D eigenvalue weighted by atomic mass is 9.40. The van der Waals surface area contributed by atoms with Crippen LogP contribution in [0.5, 0.6) is 5.75 Å². The Labute approximate surface area is 169 Å². The molecule has 7 rings (SSSR count). The van der Waals surface area contributed by atoms with E-state index in [0.29, 0.717) is 6.61 Å². The van der Waals surface area contributed by atoms with Crippen LogP contribution in [0, 0.1) is 17.8 Å². The Kier molecular flexibility index (Phi) is 3.81. The summed E-state index contributed by atoms with van der Waals surface area (Å²) in [6, 6.07) is 7.64. The molecule has 1 unspecified atom stereocenters. The Bertz CT molecular complexity index is 794. The summed E-state index contributed by atoms with van der Waals surface area (Å²) in [5.41, 5.74) is 3.55. The van der Waals surface area contributed by atoms with Crippen molar-refractivity contribution in [3.63, 3.8) is 0 Å². The van der Waals surface area contributed by atoms with Crippen LogP contribution in [0.3, 0.4) is 0 Å². The molecular formula is C25H33NO2. The molecule has 5 fully saturated rings. The first-order valence-electron chi connectivity index (χ1n) is 11.3. The van der Waals surface area contributed by atoms with E-state index in [-0.39, 0.29) is 11.0 Å². The minimum absolute atomic E-state index is 0.0935. The van der Waals surface area contributed by atoms with Crippen LogP contribution in [-0.2, 0) is 16.6 Å². The lowest BCUT2D eigenvalue weighted by Gasteiger charge is -2.70. The number of piperidine rings is 1. The van der Waals surface area contributed by atoms with E-state index in [1.165, 1.54) is 58.0 Å². The summed E-state index contributed by atoms with van der Waals surface area (Å²) in [5.74, 6) is 3.62. The minimum atomic E-state index is 0.0935. The van der Waals surface area contributed by atoms with Crippen molar-refractivity contribution in [2.75, 3.05) is 26.8 Å². The second kappa shape index (κ2) is 6.09. The van der Waals surface area contributed by atoms with E-state index in [0.717, 1.165) is 29.5 Å². The zero-order chi connectivity index (χ0) is 18.9. The van der Waals surface area contributed by atoms with Crippen molar-refractivity contribution in [3.05, 3.63) is 42.0 Å². The molecule has 1 heterocycles. The zero-order valence-electron chi connectivity index (χ0n) is 17.2. The van der Waals surface area contributed by atoms with Crippen molar-refractivity contribution in [2.24, 2.45) is 17.8 Å². The Balaban J connectivity index is 1.42. The molecule has 0 N–H and O–H groups in total. The molecular weight excluding hydrogens is 346 g/mol. The van der Waals surface area contributed by atoms with Crippen LogP contribution >= 0.6 is 0 Å². The summed E-state index contributed by atoms with van der Waals surface area (Å²) >= 11 is 0. The standard InChI is InChI=1S/C25H33NO2/c1-3-10-28-24-13-19(14-24)23-22-11-18-6-7-20(27-2)12-21(18)25(23,16-24)8-9-26(22)15-17-4-5-17/h3,6-7,12,17,19,22-23H,1,4-5,8-11,13-16H2,2H3/t19?,22-,23?,24?,25-/m1/s1. The zero-order valence-corrected chi connectivity index (χ0v) is 17.2. The fourth-order valence-corrected chi connectivity index (χ4v) is 7.59. The summed E-state index contributed by atoms with van der Waals surface area (Å²) in [4.78, 5) is 2.89. The number of hydrogen-bond donors (Lipinski definition) is 0. The molecule has 1 aromatic carbocycles. The van der Waals surface area contributed by atoms with Crippen molar-refractivity contribution in [1.29, 1.82) is 0 Å². The molecule has 0 spiro atoms. The average molecular weight is 380 g/mol. The van der Waals surface area contributed by atoms with E-state index in [1.54, 1.807) is 18.2 Å². The van der Waals surface area contributed by atoms with Gasteiger partial charge in [0.1, 0.15) is 5.75 Å². The third-order valence-corrected chi connectivity index (χ3v) is 8.76. The smallest absolute Gasteiger partial charge is 0.119 e. The van der Waals surface area contributed by atoms with Gasteiger partial charge in [0, 0.05) is 18.0 Å². The van der Waals surface area contributed by atoms with Crippen LogP contribution < -0.4 is 4.74 Å². The summed E-state index contributed by atoms with van der Waals surface area (Å²) in [6.45, 7) is 7.18. The van der Waals surface area contributed by atoms with Crippen LogP contribution in [0.25, 0.3) is 0 Å². The molecule has 3 heteroatoms. The van der Waals surface area contributed by atoms with Crippen molar-refractivity contribution in [2.45, 2.75) is 62.0 Å². The molecule has 1 aliphatic heterocycles. The van der Waals surface area contributed by atoms with Gasteiger partial charge in [0.15, 0.2) is 0 Å². The van der Waals surface area contributed by atoms with Crippen LogP contribution in [-0.4, -0.2) is 43.3 Å². The van der Waals surface area contributed by atoms with Crippen LogP contribution in [0.4, 0.5) is 0 Å². The number of fused-ring (bicyclic) bond motifs is 1. The van der Waals surface area contributed by atoms with Crippen molar-refractivity contribution in [3.8, 4) is 5.75 Å². The molecule has 0 amide bonds. The maximum Gasteiger partial charge on any atom is 0.119 e. The van der Waals surface area contributed by atoms with Gasteiger partial charge in [0.2, 0.25) is 0 Å². The highest BCUT2D eigenvalue weighted by Gasteiger charge is 2.67. The van der Waals surface area contributed by atoms with E-state index >= 15 is 0 Å². The number of methoxy groups -OCH3 is 1. The first-order valence-corrected chi connectivity index (χ1v) is 11.3. The first-order chi connectivity index (χ1) is 13.7. The van der Waals surface area contributed by atoms with Crippen LogP contribution in [0.1, 0.15) is 49.7 Å². The van der Waals surface area contributed by atoms with Crippen LogP contribution in [0.15, 0.2) is 30.9 Å². The van der Waals surface area contributed by atoms with Crippen molar-refractivity contribution in [1.82, 2.24) is 4.90 Å². The molecule has 4 saturated carbocycles. The number of rotatable bonds is 6. The number of benzene rings is 1. The second-order valence-corrected chi connectivity index (χ2v) is 10.3. The number of nitrogens with zero attached hydrogens (tertiary/aromatic N) is 1. The van der Waals surface area contributed by atoms with E-state index in [1.807, 2.05) is 6.08 Å². The van der Waals surface area contributed by atoms with Gasteiger partial charge in [-0.3, -0.25) is 4.90 Å². The largest absolute Gasteiger partial charge is 0.497 e. The van der Waals surface area contributed by atoms with Crippen LogP contribution in [0.2, 0.25) is 0 Å². The van der Waals surface area contributed by atoms with Crippen molar-refractivity contribution >= 4 is 0 Å². The highest BCUT2D eigenvalue weighted by molar-refractivity contribution is 5.47. The predicted molar refractivity (Wildman–Crippen MR) is 111 cm³/mol. The number of hydrogen-bond acceptors (Lipinski definition) is 3. The fraction of sp³-hybridized carbons (Fsp3) is 0.680. The average Bonchev–Trinajstić information content (AvgIpc) is 3.51. The third kappa shape index (κ3) is 2.42. The molecule has 4 bridgehead atoms. The van der Waals surface area contributed by atoms with Gasteiger partial charge < -0.3 is 9.47 Å². The van der Waals surface area contributed by atoms with E-state index in [2.05, 4.69) is 29.7 Å². The van der Waals surface area contributed by atoms with Gasteiger partial charge in [-0.15, -0.1) is 6.58 Å². The first kappa shape index (κ1) is 17.5. The van der Waals surface area contributed by atoms with Gasteiger partial charge >= 0.3 is 0 Å². The van der Waals surface area contributed by atoms with Gasteiger partial charge in [0.05, 0.1) is 19.3 Å². The topological polar surface area (TPSA) is 21.7 Å². The third-order valence-electron chi connectivity index (χ3n) is 8.76. The van der Waals surface area contributed by atoms with Gasteiger partial charge in [-0.25, -0.2) is 0 Å². The van der Waals surface area contributed by atoms with Gasteiger partial charge in [-0.05, 0) is 92.5 Å². The Morgan fingerprint density at radius 2 is 2.14 bits per heavy atom. The molecule has 150 valence electrons. The molecule has 1 saturated heterocycles. The number of ether oxygens (including phenoxy) is 2. The maximum absolute atomic E-state index is 6.43. The highest BCUT2D eigenvalue weighted by Crippen LogP contribution is 2.68. The molecule has 5 aliphatic carbocycles. The van der Waals surface area contributed by atoms with Gasteiger partial charge in [0.25, 0.3) is 0 Å². The normalized spacial score (nSPS) is 40.8. The second-order valence-electron chi connectivity index (χ2n) is 10.3. The number of likely N-dealkylation sites (tertiary alicyclic amines) is 1. The summed E-state index contributed by atoms with van der Waals surface area (Å²) < 4.78 is 12.1. The molecule has 1 aromatic rings. The molecule has 0 aromatic heterocycles. The molecule has 3 atom stereocenters. The summed E-state index contributed by atoms with van der Waals surface area (Å²) in [5, 5.41) is 0. The predicted octanol–water partition coefficient (Wildman–Crippen LogP) is 4.34. The monoisotopic (exact) mass is 379 g/mol. The fourth-order valence-electron chi connectivity index (χ4n) is 7.59.